The lowest BCUT2D eigenvalue weighted by molar-refractivity contribution is -0.161. The van der Waals surface area contributed by atoms with Crippen LogP contribution < -0.4 is 0 Å². The van der Waals surface area contributed by atoms with E-state index in [9.17, 15) is 28.9 Å². The number of aliphatic hydroxyl groups excluding tert-OH is 1. The number of allylic oxidation sites excluding steroid dienone is 15. The van der Waals surface area contributed by atoms with E-state index >= 15 is 0 Å². The first-order valence-electron chi connectivity index (χ1n) is 30.1. The van der Waals surface area contributed by atoms with Crippen LogP contribution in [0.15, 0.2) is 97.2 Å². The standard InChI is InChI=1S/C64H109O11P/c1-4-7-10-13-16-19-22-25-28-29-30-31-34-37-40-43-46-49-52-55-64(68)75-61(57-71-62(66)53-50-47-44-41-38-35-32-26-23-20-17-14-11-8-5-2)59-73-76(69,70)72-58-60(56-65)74-63(67)54-51-48-45-42-39-36-33-27-24-21-18-15-12-9-6-3/h8,11,17-18,20-21,25-28,32-33,38,41,47,50,60-61,65H,4-7,9-10,12-16,19,22-24,29-31,34-37,39-40,42-46,48-49,51-59H2,1-3H3,(H,69,70)/b11-8-,20-17-,21-18-,28-25-,32-26-,33-27-,41-38-,50-47-. The van der Waals surface area contributed by atoms with Gasteiger partial charge in [-0.05, 0) is 103 Å². The average molecular weight is 1090 g/mol. The van der Waals surface area contributed by atoms with Gasteiger partial charge in [-0.25, -0.2) is 4.57 Å². The number of esters is 3. The summed E-state index contributed by atoms with van der Waals surface area (Å²) in [4.78, 5) is 48.5. The molecule has 0 spiro atoms. The molecule has 0 aromatic carbocycles. The molecule has 11 nitrogen and oxygen atoms in total. The van der Waals surface area contributed by atoms with Crippen LogP contribution in [0.2, 0.25) is 0 Å². The van der Waals surface area contributed by atoms with E-state index in [-0.39, 0.29) is 19.3 Å². The van der Waals surface area contributed by atoms with Crippen LogP contribution in [0.1, 0.15) is 252 Å². The third-order valence-corrected chi connectivity index (χ3v) is 13.4. The molecule has 2 N–H and O–H groups in total. The molecule has 0 aromatic heterocycles. The van der Waals surface area contributed by atoms with Crippen molar-refractivity contribution in [2.45, 2.75) is 264 Å². The van der Waals surface area contributed by atoms with E-state index < -0.39 is 64.4 Å². The van der Waals surface area contributed by atoms with Crippen LogP contribution in [0.5, 0.6) is 0 Å². The maximum absolute atomic E-state index is 12.9. The number of phosphoric acid groups is 1. The highest BCUT2D eigenvalue weighted by Crippen LogP contribution is 2.43. The van der Waals surface area contributed by atoms with Gasteiger partial charge >= 0.3 is 25.7 Å². The average Bonchev–Trinajstić information content (AvgIpc) is 3.41. The summed E-state index contributed by atoms with van der Waals surface area (Å²) >= 11 is 0. The Morgan fingerprint density at radius 2 is 0.724 bits per heavy atom. The van der Waals surface area contributed by atoms with Gasteiger partial charge in [0.05, 0.1) is 26.2 Å². The normalized spacial score (nSPS) is 14.0. The van der Waals surface area contributed by atoms with Crippen molar-refractivity contribution in [2.75, 3.05) is 26.4 Å². The number of phosphoric ester groups is 1. The summed E-state index contributed by atoms with van der Waals surface area (Å²) in [5.74, 6) is -1.63. The topological polar surface area (TPSA) is 155 Å². The van der Waals surface area contributed by atoms with Gasteiger partial charge in [0.15, 0.2) is 6.10 Å². The van der Waals surface area contributed by atoms with Crippen molar-refractivity contribution in [2.24, 2.45) is 0 Å². The van der Waals surface area contributed by atoms with Crippen LogP contribution in [-0.4, -0.2) is 66.5 Å². The van der Waals surface area contributed by atoms with Gasteiger partial charge < -0.3 is 24.2 Å². The largest absolute Gasteiger partial charge is 0.472 e. The number of ether oxygens (including phenoxy) is 3. The Labute approximate surface area is 463 Å². The van der Waals surface area contributed by atoms with Crippen molar-refractivity contribution in [1.82, 2.24) is 0 Å². The summed E-state index contributed by atoms with van der Waals surface area (Å²) < 4.78 is 39.4. The zero-order valence-electron chi connectivity index (χ0n) is 48.2. The van der Waals surface area contributed by atoms with Crippen LogP contribution in [-0.2, 0) is 42.2 Å². The molecule has 0 rings (SSSR count). The highest BCUT2D eigenvalue weighted by Gasteiger charge is 2.28. The molecule has 0 saturated carbocycles. The lowest BCUT2D eigenvalue weighted by Gasteiger charge is -2.21. The maximum atomic E-state index is 12.9. The van der Waals surface area contributed by atoms with Crippen molar-refractivity contribution in [3.05, 3.63) is 97.2 Å². The third-order valence-electron chi connectivity index (χ3n) is 12.5. The van der Waals surface area contributed by atoms with E-state index in [1.54, 1.807) is 6.08 Å². The molecular formula is C64H109O11P. The van der Waals surface area contributed by atoms with Crippen molar-refractivity contribution in [3.63, 3.8) is 0 Å². The summed E-state index contributed by atoms with van der Waals surface area (Å²) in [6, 6.07) is 0. The van der Waals surface area contributed by atoms with E-state index in [0.29, 0.717) is 19.3 Å². The van der Waals surface area contributed by atoms with Crippen molar-refractivity contribution in [1.29, 1.82) is 0 Å². The second-order valence-corrected chi connectivity index (χ2v) is 21.2. The summed E-state index contributed by atoms with van der Waals surface area (Å²) in [6.07, 6.45) is 68.2. The Kier molecular flexibility index (Phi) is 54.8. The number of unbranched alkanes of at least 4 members (excludes halogenated alkanes) is 23. The lowest BCUT2D eigenvalue weighted by atomic mass is 10.1. The van der Waals surface area contributed by atoms with Gasteiger partial charge in [-0.15, -0.1) is 0 Å². The van der Waals surface area contributed by atoms with Crippen LogP contribution in [0.4, 0.5) is 0 Å². The fraction of sp³-hybridized carbons (Fsp3) is 0.703. The Morgan fingerprint density at radius 3 is 1.16 bits per heavy atom. The first kappa shape index (κ1) is 72.4. The fourth-order valence-electron chi connectivity index (χ4n) is 7.92. The minimum absolute atomic E-state index is 0.00973. The monoisotopic (exact) mass is 1080 g/mol. The Hall–Kier alpha value is -3.60. The summed E-state index contributed by atoms with van der Waals surface area (Å²) in [5.41, 5.74) is 0. The third kappa shape index (κ3) is 55.2. The lowest BCUT2D eigenvalue weighted by Crippen LogP contribution is -2.30. The molecule has 0 bridgehead atoms. The van der Waals surface area contributed by atoms with E-state index in [1.807, 2.05) is 12.2 Å². The fourth-order valence-corrected chi connectivity index (χ4v) is 8.71. The van der Waals surface area contributed by atoms with Crippen molar-refractivity contribution < 1.29 is 52.2 Å². The molecule has 3 atom stereocenters. The Balaban J connectivity index is 4.81. The zero-order valence-corrected chi connectivity index (χ0v) is 49.1. The van der Waals surface area contributed by atoms with Gasteiger partial charge in [-0.2, -0.15) is 0 Å². The van der Waals surface area contributed by atoms with E-state index in [1.165, 1.54) is 103 Å². The second kappa shape index (κ2) is 57.6. The molecule has 0 fully saturated rings. The molecule has 0 saturated heterocycles. The number of hydrogen-bond acceptors (Lipinski definition) is 10. The summed E-state index contributed by atoms with van der Waals surface area (Å²) in [6.45, 7) is 4.38. The minimum Gasteiger partial charge on any atom is -0.461 e. The molecule has 3 unspecified atom stereocenters. The molecule has 0 aliphatic rings. The molecule has 12 heteroatoms. The molecule has 0 aliphatic heterocycles. The number of carbonyl (C=O) groups excluding carboxylic acids is 3. The first-order valence-corrected chi connectivity index (χ1v) is 31.6. The quantitative estimate of drug-likeness (QED) is 0.0197. The van der Waals surface area contributed by atoms with Crippen molar-refractivity contribution in [3.8, 4) is 0 Å². The molecule has 0 aromatic rings. The number of aliphatic hydroxyl groups is 1. The molecule has 76 heavy (non-hydrogen) atoms. The maximum Gasteiger partial charge on any atom is 0.472 e. The van der Waals surface area contributed by atoms with Gasteiger partial charge in [-0.1, -0.05) is 227 Å². The number of rotatable bonds is 55. The molecule has 0 amide bonds. The van der Waals surface area contributed by atoms with Gasteiger partial charge in [0, 0.05) is 12.8 Å². The van der Waals surface area contributed by atoms with E-state index in [2.05, 4.69) is 99.8 Å². The predicted molar refractivity (Wildman–Crippen MR) is 316 cm³/mol. The minimum atomic E-state index is -4.78. The van der Waals surface area contributed by atoms with Crippen molar-refractivity contribution >= 4 is 25.7 Å². The zero-order chi connectivity index (χ0) is 55.5. The summed E-state index contributed by atoms with van der Waals surface area (Å²) in [7, 11) is -4.78. The Morgan fingerprint density at radius 1 is 0.395 bits per heavy atom. The van der Waals surface area contributed by atoms with Crippen LogP contribution in [0.25, 0.3) is 0 Å². The highest BCUT2D eigenvalue weighted by atomic mass is 31.2. The van der Waals surface area contributed by atoms with Gasteiger partial charge in [0.2, 0.25) is 0 Å². The summed E-state index contributed by atoms with van der Waals surface area (Å²) in [5, 5.41) is 9.82. The van der Waals surface area contributed by atoms with Crippen LogP contribution in [0.3, 0.4) is 0 Å². The molecule has 436 valence electrons. The number of hydrogen-bond donors (Lipinski definition) is 2. The SMILES string of the molecule is CC/C=C\C/C=C\C/C=C\C/C=C\C/C=C\CC(=O)OCC(COP(=O)(O)OCC(CO)OC(=O)CCCCCCC/C=C\C/C=C\CCCCC)OC(=O)CCCCCCCCCCC/C=C\CCCCCCCC. The smallest absolute Gasteiger partial charge is 0.461 e. The van der Waals surface area contributed by atoms with E-state index in [0.717, 1.165) is 89.9 Å². The molecule has 0 aliphatic carbocycles. The van der Waals surface area contributed by atoms with Gasteiger partial charge in [-0.3, -0.25) is 23.4 Å². The highest BCUT2D eigenvalue weighted by molar-refractivity contribution is 7.47. The van der Waals surface area contributed by atoms with Crippen LogP contribution >= 0.6 is 7.82 Å². The second-order valence-electron chi connectivity index (χ2n) is 19.8. The van der Waals surface area contributed by atoms with Crippen LogP contribution in [0, 0.1) is 0 Å². The number of carbonyl (C=O) groups is 3. The first-order chi connectivity index (χ1) is 37.2. The molecular weight excluding hydrogens is 976 g/mol. The van der Waals surface area contributed by atoms with Gasteiger partial charge in [0.25, 0.3) is 0 Å². The van der Waals surface area contributed by atoms with Gasteiger partial charge in [0.1, 0.15) is 12.7 Å². The molecule has 0 heterocycles. The molecule has 0 radical (unpaired) electrons. The predicted octanol–water partition coefficient (Wildman–Crippen LogP) is 18.0. The van der Waals surface area contributed by atoms with E-state index in [4.69, 9.17) is 23.3 Å². The Bertz CT molecular complexity index is 1640.